The molecule has 8 heteroatoms. The Morgan fingerprint density at radius 1 is 1.20 bits per heavy atom. The molecule has 0 aliphatic carbocycles. The Morgan fingerprint density at radius 3 is 2.33 bits per heavy atom. The van der Waals surface area contributed by atoms with E-state index in [1.54, 1.807) is 24.3 Å². The summed E-state index contributed by atoms with van der Waals surface area (Å²) in [6.45, 7) is 14.4. The van der Waals surface area contributed by atoms with E-state index >= 15 is 0 Å². The number of rotatable bonds is 6. The van der Waals surface area contributed by atoms with E-state index in [-0.39, 0.29) is 11.5 Å². The maximum absolute atomic E-state index is 12.7. The number of carbonyl (C=O) groups is 2. The lowest BCUT2D eigenvalue weighted by atomic mass is 9.93. The summed E-state index contributed by atoms with van der Waals surface area (Å²) in [7, 11) is -0.950. The topological polar surface area (TPSA) is 74.3 Å². The average Bonchev–Trinajstić information content (AvgIpc) is 2.63. The molecule has 1 aliphatic heterocycles. The number of methoxy groups -OCH3 is 1. The van der Waals surface area contributed by atoms with Crippen LogP contribution in [0.15, 0.2) is 30.3 Å². The zero-order valence-corrected chi connectivity index (χ0v) is 20.4. The summed E-state index contributed by atoms with van der Waals surface area (Å²) in [5.74, 6) is -0.867. The van der Waals surface area contributed by atoms with Gasteiger partial charge in [-0.05, 0) is 44.1 Å². The molecule has 0 unspecified atom stereocenters. The van der Waals surface area contributed by atoms with Gasteiger partial charge in [-0.2, -0.15) is 0 Å². The van der Waals surface area contributed by atoms with Crippen molar-refractivity contribution in [2.75, 3.05) is 7.11 Å². The minimum atomic E-state index is -2.28. The molecule has 2 rings (SSSR count). The van der Waals surface area contributed by atoms with Gasteiger partial charge in [0.25, 0.3) is 0 Å². The number of nitrogens with zero attached hydrogens (tertiary/aromatic N) is 1. The van der Waals surface area contributed by atoms with Crippen LogP contribution in [0.25, 0.3) is 0 Å². The van der Waals surface area contributed by atoms with Gasteiger partial charge in [0.2, 0.25) is 8.32 Å². The zero-order valence-electron chi connectivity index (χ0n) is 19.4. The van der Waals surface area contributed by atoms with Crippen molar-refractivity contribution in [3.8, 4) is 0 Å². The standard InChI is InChI=1S/C22H35NO6Si/c1-21(2,3)30(7,8)29-23-17(14-19(24)26-6)18(15-22(4,5)28-23)27-20(25)16-12-10-9-11-13-16/h9-13,17-18H,14-15H2,1-8H3/t17-,18+/m1/s1. The number of carbonyl (C=O) groups excluding carboxylic acids is 2. The fraction of sp³-hybridized carbons (Fsp3) is 0.636. The summed E-state index contributed by atoms with van der Waals surface area (Å²) in [5.41, 5.74) is -0.188. The van der Waals surface area contributed by atoms with Gasteiger partial charge in [-0.15, -0.1) is 0 Å². The van der Waals surface area contributed by atoms with Gasteiger partial charge in [0.15, 0.2) is 0 Å². The van der Waals surface area contributed by atoms with Crippen LogP contribution in [0.2, 0.25) is 18.1 Å². The van der Waals surface area contributed by atoms with Crippen LogP contribution in [-0.2, 0) is 23.6 Å². The van der Waals surface area contributed by atoms with Crippen LogP contribution in [0.3, 0.4) is 0 Å². The van der Waals surface area contributed by atoms with Crippen molar-refractivity contribution < 1.29 is 28.4 Å². The Hall–Kier alpha value is -1.74. The fourth-order valence-corrected chi connectivity index (χ4v) is 3.81. The number of ether oxygens (including phenoxy) is 2. The molecule has 0 radical (unpaired) electrons. The highest BCUT2D eigenvalue weighted by molar-refractivity contribution is 6.74. The predicted octanol–water partition coefficient (Wildman–Crippen LogP) is 4.50. The molecule has 1 saturated heterocycles. The van der Waals surface area contributed by atoms with Crippen molar-refractivity contribution in [1.29, 1.82) is 0 Å². The molecular formula is C22H35NO6Si. The van der Waals surface area contributed by atoms with Crippen LogP contribution < -0.4 is 0 Å². The van der Waals surface area contributed by atoms with E-state index in [1.807, 2.05) is 19.9 Å². The van der Waals surface area contributed by atoms with E-state index in [0.717, 1.165) is 0 Å². The number of hydrogen-bond donors (Lipinski definition) is 0. The van der Waals surface area contributed by atoms with Crippen LogP contribution in [0, 0.1) is 0 Å². The third-order valence-electron chi connectivity index (χ3n) is 5.73. The lowest BCUT2D eigenvalue weighted by molar-refractivity contribution is -0.419. The Bertz CT molecular complexity index is 744. The number of hydrogen-bond acceptors (Lipinski definition) is 7. The predicted molar refractivity (Wildman–Crippen MR) is 116 cm³/mol. The Morgan fingerprint density at radius 2 is 1.80 bits per heavy atom. The second kappa shape index (κ2) is 9.17. The van der Waals surface area contributed by atoms with Crippen molar-refractivity contribution >= 4 is 20.3 Å². The molecule has 1 heterocycles. The van der Waals surface area contributed by atoms with Crippen molar-refractivity contribution in [1.82, 2.24) is 5.23 Å². The van der Waals surface area contributed by atoms with E-state index in [1.165, 1.54) is 12.3 Å². The summed E-state index contributed by atoms with van der Waals surface area (Å²) in [6, 6.07) is 8.18. The maximum atomic E-state index is 12.7. The van der Waals surface area contributed by atoms with Crippen molar-refractivity contribution in [2.24, 2.45) is 0 Å². The quantitative estimate of drug-likeness (QED) is 0.479. The largest absolute Gasteiger partial charge is 0.469 e. The van der Waals surface area contributed by atoms with E-state index < -0.39 is 38.0 Å². The highest BCUT2D eigenvalue weighted by atomic mass is 28.4. The smallest absolute Gasteiger partial charge is 0.338 e. The molecular weight excluding hydrogens is 402 g/mol. The molecule has 1 fully saturated rings. The van der Waals surface area contributed by atoms with E-state index in [9.17, 15) is 9.59 Å². The lowest BCUT2D eigenvalue weighted by Crippen LogP contribution is -2.60. The van der Waals surface area contributed by atoms with Gasteiger partial charge in [0.1, 0.15) is 12.1 Å². The molecule has 0 aromatic heterocycles. The third kappa shape index (κ3) is 6.13. The van der Waals surface area contributed by atoms with Crippen LogP contribution in [0.4, 0.5) is 0 Å². The molecule has 0 N–H and O–H groups in total. The molecule has 2 atom stereocenters. The molecule has 1 aliphatic rings. The molecule has 0 amide bonds. The molecule has 168 valence electrons. The monoisotopic (exact) mass is 437 g/mol. The normalized spacial score (nSPS) is 22.4. The minimum Gasteiger partial charge on any atom is -0.469 e. The van der Waals surface area contributed by atoms with Crippen LogP contribution in [-0.4, -0.2) is 50.3 Å². The van der Waals surface area contributed by atoms with Crippen LogP contribution in [0.1, 0.15) is 57.8 Å². The zero-order chi connectivity index (χ0) is 22.7. The summed E-state index contributed by atoms with van der Waals surface area (Å²) in [6.07, 6.45) is -0.205. The van der Waals surface area contributed by atoms with Crippen molar-refractivity contribution in [3.63, 3.8) is 0 Å². The first-order valence-corrected chi connectivity index (χ1v) is 13.2. The van der Waals surface area contributed by atoms with Crippen LogP contribution in [0.5, 0.6) is 0 Å². The third-order valence-corrected chi connectivity index (χ3v) is 9.97. The van der Waals surface area contributed by atoms with Gasteiger partial charge in [-0.25, -0.2) is 4.79 Å². The first-order valence-electron chi connectivity index (χ1n) is 10.3. The fourth-order valence-electron chi connectivity index (χ4n) is 2.91. The lowest BCUT2D eigenvalue weighted by Gasteiger charge is -2.49. The van der Waals surface area contributed by atoms with Gasteiger partial charge in [-0.1, -0.05) is 44.2 Å². The molecule has 30 heavy (non-hydrogen) atoms. The molecule has 7 nitrogen and oxygen atoms in total. The second-order valence-electron chi connectivity index (χ2n) is 9.85. The number of hydroxylamine groups is 2. The Labute approximate surface area is 180 Å². The highest BCUT2D eigenvalue weighted by Crippen LogP contribution is 2.40. The Kier molecular flexibility index (Phi) is 7.50. The van der Waals surface area contributed by atoms with Gasteiger partial charge < -0.3 is 14.0 Å². The molecule has 1 aromatic carbocycles. The summed E-state index contributed by atoms with van der Waals surface area (Å²) < 4.78 is 17.2. The van der Waals surface area contributed by atoms with Crippen LogP contribution >= 0.6 is 0 Å². The van der Waals surface area contributed by atoms with Crippen molar-refractivity contribution in [2.45, 2.75) is 83.3 Å². The van der Waals surface area contributed by atoms with Crippen molar-refractivity contribution in [3.05, 3.63) is 35.9 Å². The molecule has 0 spiro atoms. The van der Waals surface area contributed by atoms with E-state index in [0.29, 0.717) is 12.0 Å². The number of esters is 2. The highest BCUT2D eigenvalue weighted by Gasteiger charge is 2.49. The average molecular weight is 438 g/mol. The van der Waals surface area contributed by atoms with E-state index in [4.69, 9.17) is 18.8 Å². The molecule has 0 saturated carbocycles. The van der Waals surface area contributed by atoms with Gasteiger partial charge in [0.05, 0.1) is 24.7 Å². The SMILES string of the molecule is COC(=O)C[C@@H]1[C@@H](OC(=O)c2ccccc2)CC(C)(C)ON1O[Si](C)(C)C(C)(C)C. The van der Waals surface area contributed by atoms with Gasteiger partial charge in [-0.3, -0.25) is 9.63 Å². The summed E-state index contributed by atoms with van der Waals surface area (Å²) >= 11 is 0. The molecule has 1 aromatic rings. The summed E-state index contributed by atoms with van der Waals surface area (Å²) in [4.78, 5) is 31.0. The minimum absolute atomic E-state index is 0.0199. The maximum Gasteiger partial charge on any atom is 0.338 e. The Balaban J connectivity index is 2.34. The number of benzene rings is 1. The summed E-state index contributed by atoms with van der Waals surface area (Å²) in [5, 5.41) is 1.32. The van der Waals surface area contributed by atoms with Gasteiger partial charge >= 0.3 is 11.9 Å². The first kappa shape index (κ1) is 24.5. The van der Waals surface area contributed by atoms with Gasteiger partial charge in [0, 0.05) is 6.42 Å². The first-order chi connectivity index (χ1) is 13.8. The van der Waals surface area contributed by atoms with E-state index in [2.05, 4.69) is 33.9 Å². The second-order valence-corrected chi connectivity index (χ2v) is 14.6. The molecule has 0 bridgehead atoms.